The van der Waals surface area contributed by atoms with Crippen molar-refractivity contribution in [3.63, 3.8) is 0 Å². The van der Waals surface area contributed by atoms with Crippen LogP contribution < -0.4 is 10.6 Å². The fourth-order valence-electron chi connectivity index (χ4n) is 2.16. The number of hydrogen-bond donors (Lipinski definition) is 2. The predicted molar refractivity (Wildman–Crippen MR) is 75.8 cm³/mol. The molecule has 9 heteroatoms. The third-order valence-electron chi connectivity index (χ3n) is 3.36. The monoisotopic (exact) mass is 296 g/mol. The van der Waals surface area contributed by atoms with Crippen LogP contribution in [-0.2, 0) is 11.3 Å². The van der Waals surface area contributed by atoms with Gasteiger partial charge in [-0.1, -0.05) is 0 Å². The van der Waals surface area contributed by atoms with Crippen molar-refractivity contribution in [1.82, 2.24) is 25.3 Å². The van der Waals surface area contributed by atoms with E-state index in [0.29, 0.717) is 13.1 Å². The summed E-state index contributed by atoms with van der Waals surface area (Å²) in [7, 11) is 0. The predicted octanol–water partition coefficient (Wildman–Crippen LogP) is -0.797. The van der Waals surface area contributed by atoms with Crippen LogP contribution >= 0.6 is 0 Å². The lowest BCUT2D eigenvalue weighted by atomic mass is 10.3. The van der Waals surface area contributed by atoms with Gasteiger partial charge in [0.05, 0.1) is 4.92 Å². The molecule has 0 aromatic carbocycles. The molecule has 1 aliphatic heterocycles. The highest BCUT2D eigenvalue weighted by molar-refractivity contribution is 5.75. The first-order valence-corrected chi connectivity index (χ1v) is 7.02. The number of nitrogens with one attached hydrogen (secondary N) is 2. The lowest BCUT2D eigenvalue weighted by Crippen LogP contribution is -2.46. The molecule has 0 saturated carbocycles. The van der Waals surface area contributed by atoms with Crippen molar-refractivity contribution in [2.75, 3.05) is 39.3 Å². The second kappa shape index (κ2) is 7.70. The highest BCUT2D eigenvalue weighted by atomic mass is 16.6. The quantitative estimate of drug-likeness (QED) is 0.504. The molecule has 116 valence electrons. The maximum absolute atomic E-state index is 11.7. The zero-order valence-corrected chi connectivity index (χ0v) is 11.8. The Bertz CT molecular complexity index is 483. The summed E-state index contributed by atoms with van der Waals surface area (Å²) in [5.74, 6) is -0.0664. The normalized spacial score (nSPS) is 15.8. The van der Waals surface area contributed by atoms with Crippen LogP contribution in [0.15, 0.2) is 12.4 Å². The lowest BCUT2D eigenvalue weighted by molar-refractivity contribution is -0.385. The van der Waals surface area contributed by atoms with Gasteiger partial charge in [0.25, 0.3) is 0 Å². The number of piperazine rings is 1. The lowest BCUT2D eigenvalue weighted by Gasteiger charge is -2.27. The minimum atomic E-state index is -0.503. The minimum Gasteiger partial charge on any atom is -0.355 e. The van der Waals surface area contributed by atoms with E-state index < -0.39 is 4.92 Å². The molecule has 0 spiro atoms. The molecule has 1 aromatic rings. The van der Waals surface area contributed by atoms with Crippen molar-refractivity contribution in [3.05, 3.63) is 22.5 Å². The molecule has 0 bridgehead atoms. The molecule has 21 heavy (non-hydrogen) atoms. The van der Waals surface area contributed by atoms with Crippen LogP contribution in [0.1, 0.15) is 6.42 Å². The Labute approximate surface area is 122 Å². The number of aryl methyl sites for hydroxylation is 1. The van der Waals surface area contributed by atoms with Crippen LogP contribution in [0.25, 0.3) is 0 Å². The zero-order chi connectivity index (χ0) is 15.1. The summed E-state index contributed by atoms with van der Waals surface area (Å²) >= 11 is 0. The molecule has 1 saturated heterocycles. The highest BCUT2D eigenvalue weighted by Gasteiger charge is 2.11. The Hall–Kier alpha value is -2.00. The van der Waals surface area contributed by atoms with Crippen LogP contribution in [0.2, 0.25) is 0 Å². The first-order valence-electron chi connectivity index (χ1n) is 7.02. The largest absolute Gasteiger partial charge is 0.355 e. The molecule has 2 heterocycles. The van der Waals surface area contributed by atoms with Crippen molar-refractivity contribution in [2.24, 2.45) is 0 Å². The Balaban J connectivity index is 1.61. The van der Waals surface area contributed by atoms with Crippen molar-refractivity contribution >= 4 is 11.6 Å². The molecule has 0 atom stereocenters. The molecule has 1 fully saturated rings. The molecule has 0 aliphatic carbocycles. The fraction of sp³-hybridized carbons (Fsp3) is 0.667. The van der Waals surface area contributed by atoms with Crippen LogP contribution in [-0.4, -0.2) is 64.8 Å². The van der Waals surface area contributed by atoms with Crippen LogP contribution in [0.4, 0.5) is 5.69 Å². The van der Waals surface area contributed by atoms with E-state index in [0.717, 1.165) is 32.7 Å². The summed E-state index contributed by atoms with van der Waals surface area (Å²) in [6, 6.07) is 0. The van der Waals surface area contributed by atoms with Gasteiger partial charge in [0.15, 0.2) is 0 Å². The molecule has 1 aromatic heterocycles. The molecule has 1 amide bonds. The molecular formula is C12H20N6O3. The number of carbonyl (C=O) groups is 1. The molecule has 0 radical (unpaired) electrons. The van der Waals surface area contributed by atoms with E-state index in [4.69, 9.17) is 0 Å². The SMILES string of the molecule is O=C(CCn1cc([N+](=O)[O-])cn1)NCCN1CCNCC1. The topological polar surface area (TPSA) is 105 Å². The maximum Gasteiger partial charge on any atom is 0.306 e. The van der Waals surface area contributed by atoms with E-state index in [1.165, 1.54) is 17.1 Å². The van der Waals surface area contributed by atoms with E-state index in [1.54, 1.807) is 0 Å². The zero-order valence-electron chi connectivity index (χ0n) is 11.8. The number of rotatable bonds is 7. The summed E-state index contributed by atoms with van der Waals surface area (Å²) < 4.78 is 1.41. The van der Waals surface area contributed by atoms with Crippen LogP contribution in [0.3, 0.4) is 0 Å². The van der Waals surface area contributed by atoms with E-state index in [9.17, 15) is 14.9 Å². The van der Waals surface area contributed by atoms with E-state index in [1.807, 2.05) is 0 Å². The third kappa shape index (κ3) is 5.12. The number of amides is 1. The Morgan fingerprint density at radius 1 is 1.43 bits per heavy atom. The van der Waals surface area contributed by atoms with Crippen molar-refractivity contribution in [1.29, 1.82) is 0 Å². The first kappa shape index (κ1) is 15.4. The van der Waals surface area contributed by atoms with Gasteiger partial charge in [0.2, 0.25) is 5.91 Å². The van der Waals surface area contributed by atoms with Gasteiger partial charge < -0.3 is 10.6 Å². The molecule has 9 nitrogen and oxygen atoms in total. The number of nitro groups is 1. The number of aromatic nitrogens is 2. The van der Waals surface area contributed by atoms with E-state index >= 15 is 0 Å². The average molecular weight is 296 g/mol. The first-order chi connectivity index (χ1) is 10.1. The third-order valence-corrected chi connectivity index (χ3v) is 3.36. The van der Waals surface area contributed by atoms with Crippen molar-refractivity contribution in [3.8, 4) is 0 Å². The van der Waals surface area contributed by atoms with Gasteiger partial charge in [-0.15, -0.1) is 0 Å². The Morgan fingerprint density at radius 2 is 2.19 bits per heavy atom. The van der Waals surface area contributed by atoms with Crippen molar-refractivity contribution < 1.29 is 9.72 Å². The molecule has 1 aliphatic rings. The van der Waals surface area contributed by atoms with Crippen LogP contribution in [0.5, 0.6) is 0 Å². The van der Waals surface area contributed by atoms with Gasteiger partial charge in [-0.3, -0.25) is 24.5 Å². The summed E-state index contributed by atoms with van der Waals surface area (Å²) in [6.07, 6.45) is 2.77. The second-order valence-corrected chi connectivity index (χ2v) is 4.91. The smallest absolute Gasteiger partial charge is 0.306 e. The molecule has 2 N–H and O–H groups in total. The summed E-state index contributed by atoms with van der Waals surface area (Å²) in [4.78, 5) is 24.0. The number of nitrogens with zero attached hydrogens (tertiary/aromatic N) is 4. The van der Waals surface area contributed by atoms with Gasteiger partial charge in [-0.2, -0.15) is 5.10 Å². The van der Waals surface area contributed by atoms with E-state index in [2.05, 4.69) is 20.6 Å². The van der Waals surface area contributed by atoms with Gasteiger partial charge in [-0.25, -0.2) is 0 Å². The maximum atomic E-state index is 11.7. The summed E-state index contributed by atoms with van der Waals surface area (Å²) in [5, 5.41) is 20.5. The summed E-state index contributed by atoms with van der Waals surface area (Å²) in [6.45, 7) is 5.81. The number of hydrogen-bond acceptors (Lipinski definition) is 6. The van der Waals surface area contributed by atoms with Crippen LogP contribution in [0, 0.1) is 10.1 Å². The molecule has 2 rings (SSSR count). The summed E-state index contributed by atoms with van der Waals surface area (Å²) in [5.41, 5.74) is -0.0610. The fourth-order valence-corrected chi connectivity index (χ4v) is 2.16. The molecular weight excluding hydrogens is 276 g/mol. The standard InChI is InChI=1S/C12H20N6O3/c19-12(14-4-8-16-6-2-13-3-7-16)1-5-17-10-11(9-15-17)18(20)21/h9-10,13H,1-8H2,(H,14,19). The van der Waals surface area contributed by atoms with Gasteiger partial charge in [0.1, 0.15) is 12.4 Å². The highest BCUT2D eigenvalue weighted by Crippen LogP contribution is 2.07. The van der Waals surface area contributed by atoms with Gasteiger partial charge >= 0.3 is 5.69 Å². The molecule has 0 unspecified atom stereocenters. The van der Waals surface area contributed by atoms with Gasteiger partial charge in [-0.05, 0) is 0 Å². The van der Waals surface area contributed by atoms with Crippen molar-refractivity contribution in [2.45, 2.75) is 13.0 Å². The van der Waals surface area contributed by atoms with E-state index in [-0.39, 0.29) is 18.0 Å². The average Bonchev–Trinajstić information content (AvgIpc) is 2.95. The van der Waals surface area contributed by atoms with Gasteiger partial charge in [0, 0.05) is 52.2 Å². The Morgan fingerprint density at radius 3 is 2.86 bits per heavy atom. The Kier molecular flexibility index (Phi) is 5.64. The minimum absolute atomic E-state index is 0.0610. The number of carbonyl (C=O) groups excluding carboxylic acids is 1. The second-order valence-electron chi connectivity index (χ2n) is 4.91.